The van der Waals surface area contributed by atoms with Crippen LogP contribution < -0.4 is 5.32 Å². The summed E-state index contributed by atoms with van der Waals surface area (Å²) in [6.45, 7) is 4.93. The van der Waals surface area contributed by atoms with Crippen LogP contribution in [0.5, 0.6) is 0 Å². The largest absolute Gasteiger partial charge is 0.381 e. The van der Waals surface area contributed by atoms with E-state index in [1.54, 1.807) is 6.20 Å². The number of aromatic nitrogens is 2. The number of nitriles is 1. The van der Waals surface area contributed by atoms with Gasteiger partial charge in [-0.15, -0.1) is 0 Å². The second-order valence-corrected chi connectivity index (χ2v) is 4.45. The van der Waals surface area contributed by atoms with Gasteiger partial charge in [0, 0.05) is 30.7 Å². The van der Waals surface area contributed by atoms with Crippen LogP contribution >= 0.6 is 0 Å². The number of hydrogen-bond acceptors (Lipinski definition) is 3. The van der Waals surface area contributed by atoms with Crippen LogP contribution in [0.15, 0.2) is 36.9 Å². The lowest BCUT2D eigenvalue weighted by Gasteiger charge is -2.16. The lowest BCUT2D eigenvalue weighted by atomic mass is 10.1. The Hall–Kier alpha value is -2.28. The summed E-state index contributed by atoms with van der Waals surface area (Å²) in [7, 11) is 0. The van der Waals surface area contributed by atoms with E-state index in [2.05, 4.69) is 23.3 Å². The normalized spacial score (nSPS) is 11.8. The number of rotatable bonds is 4. The van der Waals surface area contributed by atoms with Gasteiger partial charge in [-0.1, -0.05) is 0 Å². The third kappa shape index (κ3) is 2.89. The van der Waals surface area contributed by atoms with E-state index in [9.17, 15) is 0 Å². The summed E-state index contributed by atoms with van der Waals surface area (Å²) in [5.74, 6) is 0. The van der Waals surface area contributed by atoms with E-state index < -0.39 is 0 Å². The fraction of sp³-hybridized carbons (Fsp3) is 0.286. The average molecular weight is 240 g/mol. The molecule has 2 aromatic rings. The van der Waals surface area contributed by atoms with Gasteiger partial charge in [0.05, 0.1) is 18.0 Å². The van der Waals surface area contributed by atoms with Crippen molar-refractivity contribution in [1.29, 1.82) is 5.26 Å². The molecule has 1 aromatic heterocycles. The van der Waals surface area contributed by atoms with Gasteiger partial charge >= 0.3 is 0 Å². The van der Waals surface area contributed by atoms with Gasteiger partial charge < -0.3 is 9.88 Å². The minimum atomic E-state index is 0.298. The smallest absolute Gasteiger partial charge is 0.0994 e. The maximum Gasteiger partial charge on any atom is 0.0994 e. The van der Waals surface area contributed by atoms with Gasteiger partial charge in [-0.2, -0.15) is 5.26 Å². The maximum atomic E-state index is 8.88. The fourth-order valence-electron chi connectivity index (χ4n) is 1.92. The molecule has 2 rings (SSSR count). The van der Waals surface area contributed by atoms with Crippen LogP contribution in [0.25, 0.3) is 0 Å². The van der Waals surface area contributed by atoms with Gasteiger partial charge in [0.15, 0.2) is 0 Å². The molecule has 0 aliphatic heterocycles. The predicted molar refractivity (Wildman–Crippen MR) is 71.2 cm³/mol. The lowest BCUT2D eigenvalue weighted by Crippen LogP contribution is -2.21. The van der Waals surface area contributed by atoms with E-state index in [-0.39, 0.29) is 0 Å². The van der Waals surface area contributed by atoms with E-state index in [0.717, 1.165) is 23.4 Å². The number of nitrogens with one attached hydrogen (secondary N) is 1. The van der Waals surface area contributed by atoms with Crippen molar-refractivity contribution in [2.24, 2.45) is 0 Å². The quantitative estimate of drug-likeness (QED) is 0.893. The molecule has 0 saturated heterocycles. The number of benzene rings is 1. The summed E-state index contributed by atoms with van der Waals surface area (Å²) in [5.41, 5.74) is 2.76. The third-order valence-corrected chi connectivity index (χ3v) is 2.80. The minimum absolute atomic E-state index is 0.298. The highest BCUT2D eigenvalue weighted by atomic mass is 15.1. The van der Waals surface area contributed by atoms with Gasteiger partial charge in [-0.05, 0) is 37.6 Å². The number of nitrogens with zero attached hydrogens (tertiary/aromatic N) is 3. The number of anilines is 1. The van der Waals surface area contributed by atoms with E-state index in [4.69, 9.17) is 5.26 Å². The van der Waals surface area contributed by atoms with Gasteiger partial charge in [-0.3, -0.25) is 0 Å². The topological polar surface area (TPSA) is 53.6 Å². The molecule has 0 saturated carbocycles. The molecule has 92 valence electrons. The molecule has 0 amide bonds. The Morgan fingerprint density at radius 1 is 1.50 bits per heavy atom. The molecule has 4 heteroatoms. The Morgan fingerprint density at radius 2 is 2.33 bits per heavy atom. The summed E-state index contributed by atoms with van der Waals surface area (Å²) in [6.07, 6.45) is 5.53. The van der Waals surface area contributed by atoms with Crippen molar-refractivity contribution in [2.45, 2.75) is 26.4 Å². The highest BCUT2D eigenvalue weighted by molar-refractivity contribution is 5.51. The monoisotopic (exact) mass is 240 g/mol. The third-order valence-electron chi connectivity index (χ3n) is 2.80. The molecule has 0 fully saturated rings. The summed E-state index contributed by atoms with van der Waals surface area (Å²) < 4.78 is 2.04. The molecule has 0 spiro atoms. The van der Waals surface area contributed by atoms with Crippen LogP contribution in [0.1, 0.15) is 18.1 Å². The first kappa shape index (κ1) is 12.2. The van der Waals surface area contributed by atoms with Crippen LogP contribution in [0.4, 0.5) is 5.69 Å². The second-order valence-electron chi connectivity index (χ2n) is 4.45. The number of imidazole rings is 1. The fourth-order valence-corrected chi connectivity index (χ4v) is 1.92. The van der Waals surface area contributed by atoms with Crippen molar-refractivity contribution in [2.75, 3.05) is 5.32 Å². The van der Waals surface area contributed by atoms with Crippen molar-refractivity contribution in [3.63, 3.8) is 0 Å². The van der Waals surface area contributed by atoms with Gasteiger partial charge in [0.2, 0.25) is 0 Å². The highest BCUT2D eigenvalue weighted by Crippen LogP contribution is 2.15. The molecular weight excluding hydrogens is 224 g/mol. The molecule has 1 aromatic carbocycles. The Morgan fingerprint density at radius 3 is 2.94 bits per heavy atom. The van der Waals surface area contributed by atoms with Crippen molar-refractivity contribution < 1.29 is 0 Å². The molecule has 0 radical (unpaired) electrons. The number of hydrogen-bond donors (Lipinski definition) is 1. The Kier molecular flexibility index (Phi) is 3.63. The first-order chi connectivity index (χ1) is 8.69. The van der Waals surface area contributed by atoms with E-state index in [0.29, 0.717) is 6.04 Å². The lowest BCUT2D eigenvalue weighted by molar-refractivity contribution is 0.619. The Bertz CT molecular complexity index is 552. The van der Waals surface area contributed by atoms with Crippen LogP contribution in [0.2, 0.25) is 0 Å². The Labute approximate surface area is 107 Å². The van der Waals surface area contributed by atoms with Crippen LogP contribution in [0, 0.1) is 18.3 Å². The summed E-state index contributed by atoms with van der Waals surface area (Å²) in [5, 5.41) is 12.3. The molecule has 18 heavy (non-hydrogen) atoms. The minimum Gasteiger partial charge on any atom is -0.381 e. The van der Waals surface area contributed by atoms with Crippen molar-refractivity contribution in [3.05, 3.63) is 48.0 Å². The molecule has 0 aliphatic carbocycles. The maximum absolute atomic E-state index is 8.88. The molecule has 4 nitrogen and oxygen atoms in total. The highest BCUT2D eigenvalue weighted by Gasteiger charge is 2.04. The first-order valence-electron chi connectivity index (χ1n) is 5.92. The van der Waals surface area contributed by atoms with Crippen LogP contribution in [-0.2, 0) is 6.54 Å². The molecule has 1 atom stereocenters. The van der Waals surface area contributed by atoms with Crippen molar-refractivity contribution in [3.8, 4) is 6.07 Å². The standard InChI is InChI=1S/C14H16N4/c1-11-7-14(4-3-13(11)8-15)17-12(2)9-18-6-5-16-10-18/h3-7,10,12,17H,9H2,1-2H3. The average Bonchev–Trinajstić information content (AvgIpc) is 2.82. The molecule has 1 heterocycles. The molecule has 1 unspecified atom stereocenters. The van der Waals surface area contributed by atoms with E-state index >= 15 is 0 Å². The van der Waals surface area contributed by atoms with E-state index in [1.165, 1.54) is 0 Å². The summed E-state index contributed by atoms with van der Waals surface area (Å²) >= 11 is 0. The molecule has 0 bridgehead atoms. The second kappa shape index (κ2) is 5.37. The summed E-state index contributed by atoms with van der Waals surface area (Å²) in [6, 6.07) is 8.26. The van der Waals surface area contributed by atoms with Gasteiger partial charge in [0.25, 0.3) is 0 Å². The first-order valence-corrected chi connectivity index (χ1v) is 5.92. The molecular formula is C14H16N4. The molecule has 0 aliphatic rings. The zero-order valence-electron chi connectivity index (χ0n) is 10.6. The summed E-state index contributed by atoms with van der Waals surface area (Å²) in [4.78, 5) is 4.02. The van der Waals surface area contributed by atoms with Gasteiger partial charge in [0.1, 0.15) is 0 Å². The molecule has 1 N–H and O–H groups in total. The van der Waals surface area contributed by atoms with Crippen LogP contribution in [-0.4, -0.2) is 15.6 Å². The predicted octanol–water partition coefficient (Wildman–Crippen LogP) is 2.56. The van der Waals surface area contributed by atoms with Gasteiger partial charge in [-0.25, -0.2) is 4.98 Å². The zero-order valence-corrected chi connectivity index (χ0v) is 10.6. The number of aryl methyl sites for hydroxylation is 1. The van der Waals surface area contributed by atoms with E-state index in [1.807, 2.05) is 42.2 Å². The zero-order chi connectivity index (χ0) is 13.0. The Balaban J connectivity index is 2.01. The SMILES string of the molecule is Cc1cc(NC(C)Cn2ccnc2)ccc1C#N. The van der Waals surface area contributed by atoms with Crippen molar-refractivity contribution >= 4 is 5.69 Å². The van der Waals surface area contributed by atoms with Crippen molar-refractivity contribution in [1.82, 2.24) is 9.55 Å². The van der Waals surface area contributed by atoms with Crippen LogP contribution in [0.3, 0.4) is 0 Å².